The highest BCUT2D eigenvalue weighted by Crippen LogP contribution is 2.08. The highest BCUT2D eigenvalue weighted by atomic mass is 16.5. The van der Waals surface area contributed by atoms with E-state index in [-0.39, 0.29) is 6.10 Å². The van der Waals surface area contributed by atoms with E-state index in [1.807, 2.05) is 51.1 Å². The lowest BCUT2D eigenvalue weighted by Gasteiger charge is -2.06. The maximum absolute atomic E-state index is 5.52. The topological polar surface area (TPSA) is 30.8 Å². The molecule has 0 amide bonds. The molecule has 0 fully saturated rings. The number of hydrogen-bond acceptors (Lipinski definition) is 3. The van der Waals surface area contributed by atoms with E-state index in [0.29, 0.717) is 19.0 Å². The van der Waals surface area contributed by atoms with Gasteiger partial charge in [-0.2, -0.15) is 0 Å². The Labute approximate surface area is 97.1 Å². The third-order valence-corrected chi connectivity index (χ3v) is 1.89. The number of para-hydroxylation sites is 1. The summed E-state index contributed by atoms with van der Waals surface area (Å²) < 4.78 is 10.9. The molecular weight excluding hydrogens is 202 g/mol. The summed E-state index contributed by atoms with van der Waals surface area (Å²) >= 11 is 0. The second-order valence-electron chi connectivity index (χ2n) is 3.74. The molecule has 0 aliphatic heterocycles. The van der Waals surface area contributed by atoms with Crippen LogP contribution in [0.5, 0.6) is 5.75 Å². The van der Waals surface area contributed by atoms with Gasteiger partial charge in [-0.3, -0.25) is 4.99 Å². The van der Waals surface area contributed by atoms with Crippen molar-refractivity contribution in [3.63, 3.8) is 0 Å². The van der Waals surface area contributed by atoms with Gasteiger partial charge in [-0.15, -0.1) is 0 Å². The third kappa shape index (κ3) is 5.51. The zero-order valence-corrected chi connectivity index (χ0v) is 10.1. The van der Waals surface area contributed by atoms with E-state index in [0.717, 1.165) is 5.75 Å². The lowest BCUT2D eigenvalue weighted by molar-refractivity contribution is 0.0852. The molecule has 88 valence electrons. The minimum atomic E-state index is 0.255. The first kappa shape index (κ1) is 12.7. The van der Waals surface area contributed by atoms with Crippen LogP contribution < -0.4 is 4.74 Å². The maximum Gasteiger partial charge on any atom is 0.187 e. The summed E-state index contributed by atoms with van der Waals surface area (Å²) in [5, 5.41) is 0. The largest absolute Gasteiger partial charge is 0.444 e. The molecule has 0 atom stereocenters. The van der Waals surface area contributed by atoms with Gasteiger partial charge in [0.2, 0.25) is 0 Å². The first-order valence-electron chi connectivity index (χ1n) is 5.54. The van der Waals surface area contributed by atoms with Gasteiger partial charge in [0.05, 0.1) is 19.3 Å². The quantitative estimate of drug-likeness (QED) is 0.435. The number of benzene rings is 1. The normalized spacial score (nSPS) is 11.9. The Kier molecular flexibility index (Phi) is 5.57. The van der Waals surface area contributed by atoms with Crippen LogP contribution in [0.15, 0.2) is 35.3 Å². The number of ether oxygens (including phenoxy) is 2. The SMILES string of the molecule is C/C(=N/CCOC(C)C)Oc1ccccc1. The summed E-state index contributed by atoms with van der Waals surface area (Å²) in [4.78, 5) is 4.26. The predicted molar refractivity (Wildman–Crippen MR) is 66.1 cm³/mol. The van der Waals surface area contributed by atoms with Crippen molar-refractivity contribution in [1.29, 1.82) is 0 Å². The summed E-state index contributed by atoms with van der Waals surface area (Å²) in [6, 6.07) is 9.64. The van der Waals surface area contributed by atoms with Crippen molar-refractivity contribution in [2.45, 2.75) is 26.9 Å². The molecule has 3 nitrogen and oxygen atoms in total. The Morgan fingerprint density at radius 1 is 1.25 bits per heavy atom. The zero-order valence-electron chi connectivity index (χ0n) is 10.1. The molecule has 1 aromatic carbocycles. The van der Waals surface area contributed by atoms with E-state index in [9.17, 15) is 0 Å². The van der Waals surface area contributed by atoms with Crippen LogP contribution in [0.4, 0.5) is 0 Å². The van der Waals surface area contributed by atoms with Crippen molar-refractivity contribution >= 4 is 5.90 Å². The summed E-state index contributed by atoms with van der Waals surface area (Å²) in [7, 11) is 0. The van der Waals surface area contributed by atoms with E-state index >= 15 is 0 Å². The Morgan fingerprint density at radius 3 is 2.56 bits per heavy atom. The van der Waals surface area contributed by atoms with Crippen LogP contribution >= 0.6 is 0 Å². The summed E-state index contributed by atoms with van der Waals surface area (Å²) in [6.07, 6.45) is 0.255. The molecule has 0 aromatic heterocycles. The summed E-state index contributed by atoms with van der Waals surface area (Å²) in [5.41, 5.74) is 0. The molecule has 0 spiro atoms. The Balaban J connectivity index is 2.29. The fourth-order valence-corrected chi connectivity index (χ4v) is 1.18. The van der Waals surface area contributed by atoms with Gasteiger partial charge in [-0.05, 0) is 26.0 Å². The van der Waals surface area contributed by atoms with Gasteiger partial charge in [-0.25, -0.2) is 0 Å². The lowest BCUT2D eigenvalue weighted by atomic mass is 10.3. The molecule has 0 N–H and O–H groups in total. The van der Waals surface area contributed by atoms with Gasteiger partial charge in [0.15, 0.2) is 5.90 Å². The minimum Gasteiger partial charge on any atom is -0.444 e. The van der Waals surface area contributed by atoms with Crippen LogP contribution in [0.3, 0.4) is 0 Å². The van der Waals surface area contributed by atoms with Crippen molar-refractivity contribution in [1.82, 2.24) is 0 Å². The molecule has 3 heteroatoms. The van der Waals surface area contributed by atoms with E-state index in [4.69, 9.17) is 9.47 Å². The monoisotopic (exact) mass is 221 g/mol. The van der Waals surface area contributed by atoms with Gasteiger partial charge in [0.25, 0.3) is 0 Å². The molecule has 0 unspecified atom stereocenters. The number of hydrogen-bond donors (Lipinski definition) is 0. The summed E-state index contributed by atoms with van der Waals surface area (Å²) in [5.74, 6) is 1.48. The van der Waals surface area contributed by atoms with Crippen molar-refractivity contribution in [2.24, 2.45) is 4.99 Å². The van der Waals surface area contributed by atoms with Crippen molar-refractivity contribution in [3.05, 3.63) is 30.3 Å². The molecule has 0 aliphatic carbocycles. The zero-order chi connectivity index (χ0) is 11.8. The van der Waals surface area contributed by atoms with Crippen LogP contribution in [0, 0.1) is 0 Å². The van der Waals surface area contributed by atoms with E-state index in [1.54, 1.807) is 0 Å². The molecular formula is C13H19NO2. The molecule has 16 heavy (non-hydrogen) atoms. The molecule has 0 radical (unpaired) electrons. The highest BCUT2D eigenvalue weighted by molar-refractivity contribution is 5.75. The molecule has 1 rings (SSSR count). The predicted octanol–water partition coefficient (Wildman–Crippen LogP) is 2.91. The van der Waals surface area contributed by atoms with Gasteiger partial charge in [0.1, 0.15) is 5.75 Å². The van der Waals surface area contributed by atoms with Crippen molar-refractivity contribution in [3.8, 4) is 5.75 Å². The molecule has 0 heterocycles. The van der Waals surface area contributed by atoms with E-state index in [2.05, 4.69) is 4.99 Å². The molecule has 0 bridgehead atoms. The second kappa shape index (κ2) is 7.01. The lowest BCUT2D eigenvalue weighted by Crippen LogP contribution is -2.09. The number of rotatable bonds is 5. The van der Waals surface area contributed by atoms with Gasteiger partial charge in [0, 0.05) is 6.92 Å². The number of nitrogens with zero attached hydrogens (tertiary/aromatic N) is 1. The second-order valence-corrected chi connectivity index (χ2v) is 3.74. The van der Waals surface area contributed by atoms with Gasteiger partial charge in [-0.1, -0.05) is 18.2 Å². The molecule has 0 saturated heterocycles. The highest BCUT2D eigenvalue weighted by Gasteiger charge is 1.95. The Hall–Kier alpha value is -1.35. The molecule has 0 saturated carbocycles. The third-order valence-electron chi connectivity index (χ3n) is 1.89. The fourth-order valence-electron chi connectivity index (χ4n) is 1.18. The van der Waals surface area contributed by atoms with Crippen LogP contribution in [-0.4, -0.2) is 25.2 Å². The summed E-state index contributed by atoms with van der Waals surface area (Å²) in [6.45, 7) is 7.14. The average Bonchev–Trinajstić information content (AvgIpc) is 2.25. The van der Waals surface area contributed by atoms with Crippen LogP contribution in [0.2, 0.25) is 0 Å². The van der Waals surface area contributed by atoms with Crippen molar-refractivity contribution < 1.29 is 9.47 Å². The van der Waals surface area contributed by atoms with E-state index < -0.39 is 0 Å². The van der Waals surface area contributed by atoms with Crippen LogP contribution in [-0.2, 0) is 4.74 Å². The first-order valence-corrected chi connectivity index (χ1v) is 5.54. The molecule has 1 aromatic rings. The fraction of sp³-hybridized carbons (Fsp3) is 0.462. The van der Waals surface area contributed by atoms with Crippen LogP contribution in [0.25, 0.3) is 0 Å². The van der Waals surface area contributed by atoms with Crippen molar-refractivity contribution in [2.75, 3.05) is 13.2 Å². The Morgan fingerprint density at radius 2 is 1.94 bits per heavy atom. The molecule has 0 aliphatic rings. The first-order chi connectivity index (χ1) is 7.68. The van der Waals surface area contributed by atoms with Gasteiger partial charge >= 0.3 is 0 Å². The standard InChI is InChI=1S/C13H19NO2/c1-11(2)15-10-9-14-12(3)16-13-7-5-4-6-8-13/h4-8,11H,9-10H2,1-3H3/b14-12-. The smallest absolute Gasteiger partial charge is 0.187 e. The minimum absolute atomic E-state index is 0.255. The van der Waals surface area contributed by atoms with E-state index in [1.165, 1.54) is 0 Å². The van der Waals surface area contributed by atoms with Crippen LogP contribution in [0.1, 0.15) is 20.8 Å². The maximum atomic E-state index is 5.52. The number of aliphatic imine (C=N–C) groups is 1. The average molecular weight is 221 g/mol. The van der Waals surface area contributed by atoms with Gasteiger partial charge < -0.3 is 9.47 Å². The Bertz CT molecular complexity index is 320.